The van der Waals surface area contributed by atoms with Gasteiger partial charge in [0, 0.05) is 6.54 Å². The Morgan fingerprint density at radius 3 is 2.88 bits per heavy atom. The van der Waals surface area contributed by atoms with Gasteiger partial charge in [0.15, 0.2) is 0 Å². The molecular weight excluding hydrogens is 245 g/mol. The van der Waals surface area contributed by atoms with Crippen molar-refractivity contribution in [3.63, 3.8) is 0 Å². The molecule has 4 heteroatoms. The van der Waals surface area contributed by atoms with Gasteiger partial charge in [0.1, 0.15) is 5.82 Å². The summed E-state index contributed by atoms with van der Waals surface area (Å²) in [5.41, 5.74) is 1.02. The molecule has 0 radical (unpaired) electrons. The summed E-state index contributed by atoms with van der Waals surface area (Å²) < 4.78 is 12.9. The molecule has 0 spiro atoms. The molecule has 1 nitrogen and oxygen atoms in total. The van der Waals surface area contributed by atoms with E-state index >= 15 is 0 Å². The number of thioether (sulfide) groups is 1. The second kappa shape index (κ2) is 7.15. The summed E-state index contributed by atoms with van der Waals surface area (Å²) in [7, 11) is 0. The molecule has 0 aliphatic rings. The van der Waals surface area contributed by atoms with E-state index in [0.717, 1.165) is 24.4 Å². The van der Waals surface area contributed by atoms with Crippen molar-refractivity contribution in [2.45, 2.75) is 13.5 Å². The maximum absolute atomic E-state index is 12.9. The normalized spacial score (nSPS) is 12.8. The van der Waals surface area contributed by atoms with Crippen LogP contribution in [0.2, 0.25) is 5.02 Å². The molecule has 0 amide bonds. The first-order valence-electron chi connectivity index (χ1n) is 5.27. The standard InChI is InChI=1S/C12H17ClFNS/c1-9(8-16-2)6-15-7-10-3-4-12(14)11(13)5-10/h3-5,9,15H,6-8H2,1-2H3. The summed E-state index contributed by atoms with van der Waals surface area (Å²) in [6.07, 6.45) is 2.11. The third-order valence-electron chi connectivity index (χ3n) is 2.26. The van der Waals surface area contributed by atoms with Crippen LogP contribution in [0.5, 0.6) is 0 Å². The average Bonchev–Trinajstić information content (AvgIpc) is 2.24. The fourth-order valence-corrected chi connectivity index (χ4v) is 2.35. The van der Waals surface area contributed by atoms with Gasteiger partial charge in [-0.25, -0.2) is 4.39 Å². The largest absolute Gasteiger partial charge is 0.312 e. The zero-order valence-corrected chi connectivity index (χ0v) is 11.2. The van der Waals surface area contributed by atoms with Gasteiger partial charge in [-0.2, -0.15) is 11.8 Å². The Morgan fingerprint density at radius 1 is 1.50 bits per heavy atom. The lowest BCUT2D eigenvalue weighted by molar-refractivity contribution is 0.558. The minimum Gasteiger partial charge on any atom is -0.312 e. The molecular formula is C12H17ClFNS. The van der Waals surface area contributed by atoms with E-state index in [2.05, 4.69) is 18.5 Å². The minimum absolute atomic E-state index is 0.191. The van der Waals surface area contributed by atoms with Crippen LogP contribution >= 0.6 is 23.4 Å². The molecule has 90 valence electrons. The van der Waals surface area contributed by atoms with Crippen LogP contribution in [0.15, 0.2) is 18.2 Å². The summed E-state index contributed by atoms with van der Waals surface area (Å²) in [5.74, 6) is 1.43. The minimum atomic E-state index is -0.360. The lowest BCUT2D eigenvalue weighted by Gasteiger charge is -2.11. The van der Waals surface area contributed by atoms with Gasteiger partial charge in [0.25, 0.3) is 0 Å². The average molecular weight is 262 g/mol. The number of hydrogen-bond acceptors (Lipinski definition) is 2. The van der Waals surface area contributed by atoms with Crippen LogP contribution in [0.25, 0.3) is 0 Å². The van der Waals surface area contributed by atoms with E-state index in [4.69, 9.17) is 11.6 Å². The molecule has 0 aromatic heterocycles. The fourth-order valence-electron chi connectivity index (χ4n) is 1.46. The number of benzene rings is 1. The molecule has 1 unspecified atom stereocenters. The summed E-state index contributed by atoms with van der Waals surface area (Å²) in [6, 6.07) is 4.83. The van der Waals surface area contributed by atoms with Crippen molar-refractivity contribution in [3.8, 4) is 0 Å². The summed E-state index contributed by atoms with van der Waals surface area (Å²) in [6.45, 7) is 3.91. The van der Waals surface area contributed by atoms with E-state index in [0.29, 0.717) is 5.92 Å². The molecule has 0 heterocycles. The first kappa shape index (κ1) is 13.8. The summed E-state index contributed by atoms with van der Waals surface area (Å²) >= 11 is 7.55. The third-order valence-corrected chi connectivity index (χ3v) is 3.45. The van der Waals surface area contributed by atoms with Gasteiger partial charge < -0.3 is 5.32 Å². The Morgan fingerprint density at radius 2 is 2.25 bits per heavy atom. The quantitative estimate of drug-likeness (QED) is 0.840. The van der Waals surface area contributed by atoms with Gasteiger partial charge in [0.2, 0.25) is 0 Å². The first-order valence-corrected chi connectivity index (χ1v) is 7.04. The van der Waals surface area contributed by atoms with E-state index in [-0.39, 0.29) is 10.8 Å². The van der Waals surface area contributed by atoms with Crippen molar-refractivity contribution in [3.05, 3.63) is 34.6 Å². The van der Waals surface area contributed by atoms with Crippen LogP contribution < -0.4 is 5.32 Å². The molecule has 1 atom stereocenters. The molecule has 0 fully saturated rings. The summed E-state index contributed by atoms with van der Waals surface area (Å²) in [4.78, 5) is 0. The number of rotatable bonds is 6. The second-order valence-corrected chi connectivity index (χ2v) is 5.26. The third kappa shape index (κ3) is 4.73. The van der Waals surface area contributed by atoms with Crippen molar-refractivity contribution in [1.82, 2.24) is 5.32 Å². The Bertz CT molecular complexity index is 333. The van der Waals surface area contributed by atoms with Crippen LogP contribution in [0.3, 0.4) is 0 Å². The predicted octanol–water partition coefficient (Wildman–Crippen LogP) is 3.57. The maximum Gasteiger partial charge on any atom is 0.141 e. The topological polar surface area (TPSA) is 12.0 Å². The van der Waals surface area contributed by atoms with Gasteiger partial charge in [-0.15, -0.1) is 0 Å². The number of nitrogens with one attached hydrogen (secondary N) is 1. The highest BCUT2D eigenvalue weighted by molar-refractivity contribution is 7.98. The van der Waals surface area contributed by atoms with Crippen LogP contribution in [0, 0.1) is 11.7 Å². The van der Waals surface area contributed by atoms with Crippen molar-refractivity contribution in [2.75, 3.05) is 18.6 Å². The van der Waals surface area contributed by atoms with E-state index in [9.17, 15) is 4.39 Å². The van der Waals surface area contributed by atoms with Crippen molar-refractivity contribution in [1.29, 1.82) is 0 Å². The van der Waals surface area contributed by atoms with E-state index < -0.39 is 0 Å². The van der Waals surface area contributed by atoms with Crippen LogP contribution in [0.4, 0.5) is 4.39 Å². The first-order chi connectivity index (χ1) is 7.63. The van der Waals surface area contributed by atoms with Gasteiger partial charge in [-0.05, 0) is 42.2 Å². The Labute approximate surface area is 106 Å². The van der Waals surface area contributed by atoms with Crippen LogP contribution in [-0.2, 0) is 6.54 Å². The van der Waals surface area contributed by atoms with Gasteiger partial charge in [-0.1, -0.05) is 24.6 Å². The molecule has 1 aromatic carbocycles. The molecule has 1 N–H and O–H groups in total. The molecule has 0 aliphatic heterocycles. The van der Waals surface area contributed by atoms with Crippen molar-refractivity contribution >= 4 is 23.4 Å². The fraction of sp³-hybridized carbons (Fsp3) is 0.500. The van der Waals surface area contributed by atoms with Gasteiger partial charge in [0.05, 0.1) is 5.02 Å². The number of halogens is 2. The molecule has 1 rings (SSSR count). The lowest BCUT2D eigenvalue weighted by atomic mass is 10.2. The zero-order valence-electron chi connectivity index (χ0n) is 9.59. The zero-order chi connectivity index (χ0) is 12.0. The highest BCUT2D eigenvalue weighted by Crippen LogP contribution is 2.15. The van der Waals surface area contributed by atoms with E-state index in [1.807, 2.05) is 11.8 Å². The highest BCUT2D eigenvalue weighted by Gasteiger charge is 2.02. The molecule has 0 bridgehead atoms. The highest BCUT2D eigenvalue weighted by atomic mass is 35.5. The monoisotopic (exact) mass is 261 g/mol. The SMILES string of the molecule is CSCC(C)CNCc1ccc(F)c(Cl)c1. The molecule has 0 saturated carbocycles. The van der Waals surface area contributed by atoms with E-state index in [1.54, 1.807) is 12.1 Å². The second-order valence-electron chi connectivity index (χ2n) is 3.94. The maximum atomic E-state index is 12.9. The van der Waals surface area contributed by atoms with Crippen LogP contribution in [0.1, 0.15) is 12.5 Å². The molecule has 1 aromatic rings. The Hall–Kier alpha value is -0.250. The smallest absolute Gasteiger partial charge is 0.141 e. The number of hydrogen-bond donors (Lipinski definition) is 1. The van der Waals surface area contributed by atoms with E-state index in [1.165, 1.54) is 6.07 Å². The molecule has 0 aliphatic carbocycles. The lowest BCUT2D eigenvalue weighted by Crippen LogP contribution is -2.22. The predicted molar refractivity (Wildman–Crippen MR) is 70.7 cm³/mol. The van der Waals surface area contributed by atoms with Crippen molar-refractivity contribution < 1.29 is 4.39 Å². The van der Waals surface area contributed by atoms with Gasteiger partial charge in [-0.3, -0.25) is 0 Å². The van der Waals surface area contributed by atoms with Gasteiger partial charge >= 0.3 is 0 Å². The summed E-state index contributed by atoms with van der Waals surface area (Å²) in [5, 5.41) is 3.53. The molecule has 0 saturated heterocycles. The Balaban J connectivity index is 2.34. The Kier molecular flexibility index (Phi) is 6.17. The van der Waals surface area contributed by atoms with Crippen molar-refractivity contribution in [2.24, 2.45) is 5.92 Å². The van der Waals surface area contributed by atoms with Crippen LogP contribution in [-0.4, -0.2) is 18.6 Å². The molecule has 16 heavy (non-hydrogen) atoms.